The van der Waals surface area contributed by atoms with Gasteiger partial charge < -0.3 is 0 Å². The molecule has 3 rings (SSSR count). The Balaban J connectivity index is 1.93. The minimum atomic E-state index is 0.138. The Morgan fingerprint density at radius 2 is 1.84 bits per heavy atom. The van der Waals surface area contributed by atoms with E-state index in [4.69, 9.17) is 0 Å². The molecule has 2 aromatic rings. The molecule has 0 bridgehead atoms. The minimum Gasteiger partial charge on any atom is -0.289 e. The van der Waals surface area contributed by atoms with Gasteiger partial charge in [0.15, 0.2) is 5.78 Å². The number of carbonyl (C=O) groups excluding carboxylic acids is 1. The van der Waals surface area contributed by atoms with Crippen LogP contribution in [0, 0.1) is 6.92 Å². The average molecular weight is 250 g/mol. The number of aryl methyl sites for hydroxylation is 1. The summed E-state index contributed by atoms with van der Waals surface area (Å²) in [4.78, 5) is 12.5. The smallest absolute Gasteiger partial charge is 0.193 e. The van der Waals surface area contributed by atoms with E-state index in [0.29, 0.717) is 5.92 Å². The van der Waals surface area contributed by atoms with E-state index in [9.17, 15) is 4.79 Å². The van der Waals surface area contributed by atoms with E-state index in [1.165, 1.54) is 24.8 Å². The highest BCUT2D eigenvalue weighted by Gasteiger charge is 2.20. The predicted molar refractivity (Wildman–Crippen MR) is 77.6 cm³/mol. The van der Waals surface area contributed by atoms with Crippen LogP contribution < -0.4 is 0 Å². The third-order valence-corrected chi connectivity index (χ3v) is 4.12. The van der Waals surface area contributed by atoms with Gasteiger partial charge in [0.25, 0.3) is 0 Å². The number of carbonyl (C=O) groups is 1. The van der Waals surface area contributed by atoms with Crippen molar-refractivity contribution in [3.05, 3.63) is 70.8 Å². The second-order valence-corrected chi connectivity index (χ2v) is 5.40. The monoisotopic (exact) mass is 250 g/mol. The molecule has 1 fully saturated rings. The summed E-state index contributed by atoms with van der Waals surface area (Å²) < 4.78 is 0. The summed E-state index contributed by atoms with van der Waals surface area (Å²) in [5, 5.41) is 0. The van der Waals surface area contributed by atoms with E-state index >= 15 is 0 Å². The lowest BCUT2D eigenvalue weighted by Gasteiger charge is -2.26. The maximum Gasteiger partial charge on any atom is 0.193 e. The van der Waals surface area contributed by atoms with Crippen molar-refractivity contribution in [3.8, 4) is 0 Å². The molecule has 0 spiro atoms. The number of benzene rings is 2. The molecule has 1 heteroatoms. The third-order valence-electron chi connectivity index (χ3n) is 4.12. The van der Waals surface area contributed by atoms with Crippen LogP contribution in [-0.4, -0.2) is 5.78 Å². The Bertz CT molecular complexity index is 609. The molecule has 96 valence electrons. The molecule has 1 saturated carbocycles. The van der Waals surface area contributed by atoms with Crippen molar-refractivity contribution in [1.29, 1.82) is 0 Å². The van der Waals surface area contributed by atoms with Gasteiger partial charge in [0.1, 0.15) is 0 Å². The van der Waals surface area contributed by atoms with E-state index < -0.39 is 0 Å². The Labute approximate surface area is 114 Å². The lowest BCUT2D eigenvalue weighted by atomic mass is 9.79. The molecule has 1 nitrogen and oxygen atoms in total. The van der Waals surface area contributed by atoms with Gasteiger partial charge in [0.05, 0.1) is 0 Å². The summed E-state index contributed by atoms with van der Waals surface area (Å²) in [6.45, 7) is 1.99. The Morgan fingerprint density at radius 3 is 2.53 bits per heavy atom. The second-order valence-electron chi connectivity index (χ2n) is 5.40. The largest absolute Gasteiger partial charge is 0.289 e. The average Bonchev–Trinajstić information content (AvgIpc) is 2.37. The van der Waals surface area contributed by atoms with Gasteiger partial charge in [0.2, 0.25) is 0 Å². The fourth-order valence-corrected chi connectivity index (χ4v) is 2.66. The highest BCUT2D eigenvalue weighted by molar-refractivity contribution is 6.09. The molecule has 0 saturated heterocycles. The molecular formula is C18H18O. The van der Waals surface area contributed by atoms with Gasteiger partial charge in [-0.3, -0.25) is 4.79 Å². The highest BCUT2D eigenvalue weighted by Crippen LogP contribution is 2.36. The van der Waals surface area contributed by atoms with E-state index in [2.05, 4.69) is 12.1 Å². The van der Waals surface area contributed by atoms with Crippen LogP contribution >= 0.6 is 0 Å². The van der Waals surface area contributed by atoms with Gasteiger partial charge in [-0.2, -0.15) is 0 Å². The van der Waals surface area contributed by atoms with Crippen LogP contribution in [0.3, 0.4) is 0 Å². The molecule has 0 aliphatic heterocycles. The van der Waals surface area contributed by atoms with Crippen molar-refractivity contribution in [2.75, 3.05) is 0 Å². The molecule has 19 heavy (non-hydrogen) atoms. The molecule has 1 aliphatic carbocycles. The molecule has 2 aromatic carbocycles. The van der Waals surface area contributed by atoms with Gasteiger partial charge in [0, 0.05) is 11.1 Å². The van der Waals surface area contributed by atoms with Gasteiger partial charge in [-0.05, 0) is 42.9 Å². The number of hydrogen-bond donors (Lipinski definition) is 0. The van der Waals surface area contributed by atoms with Gasteiger partial charge in [-0.25, -0.2) is 0 Å². The van der Waals surface area contributed by atoms with Crippen molar-refractivity contribution < 1.29 is 4.79 Å². The Morgan fingerprint density at radius 1 is 1.05 bits per heavy atom. The predicted octanol–water partition coefficient (Wildman–Crippen LogP) is 4.49. The Kier molecular flexibility index (Phi) is 3.20. The quantitative estimate of drug-likeness (QED) is 0.733. The molecule has 0 aromatic heterocycles. The minimum absolute atomic E-state index is 0.138. The second kappa shape index (κ2) is 5.00. The van der Waals surface area contributed by atoms with E-state index in [1.54, 1.807) is 0 Å². The summed E-state index contributed by atoms with van der Waals surface area (Å²) in [7, 11) is 0. The van der Waals surface area contributed by atoms with Crippen LogP contribution in [0.25, 0.3) is 0 Å². The molecule has 0 radical (unpaired) electrons. The normalized spacial score (nSPS) is 15.0. The van der Waals surface area contributed by atoms with Crippen LogP contribution in [0.1, 0.15) is 52.2 Å². The molecule has 1 aliphatic rings. The maximum absolute atomic E-state index is 12.5. The topological polar surface area (TPSA) is 17.1 Å². The number of rotatable bonds is 3. The van der Waals surface area contributed by atoms with Crippen LogP contribution in [0.5, 0.6) is 0 Å². The summed E-state index contributed by atoms with van der Waals surface area (Å²) in [6, 6.07) is 16.0. The molecule has 0 N–H and O–H groups in total. The van der Waals surface area contributed by atoms with Crippen molar-refractivity contribution in [2.45, 2.75) is 32.1 Å². The molecule has 0 amide bonds. The molecule has 0 unspecified atom stereocenters. The Hall–Kier alpha value is -1.89. The van der Waals surface area contributed by atoms with Crippen molar-refractivity contribution in [1.82, 2.24) is 0 Å². The first-order valence-electron chi connectivity index (χ1n) is 6.96. The third kappa shape index (κ3) is 2.33. The van der Waals surface area contributed by atoms with Crippen LogP contribution in [-0.2, 0) is 0 Å². The van der Waals surface area contributed by atoms with Gasteiger partial charge in [-0.1, -0.05) is 48.9 Å². The maximum atomic E-state index is 12.5. The zero-order valence-electron chi connectivity index (χ0n) is 11.2. The summed E-state index contributed by atoms with van der Waals surface area (Å²) in [6.07, 6.45) is 3.85. The molecular weight excluding hydrogens is 232 g/mol. The van der Waals surface area contributed by atoms with Crippen LogP contribution in [0.15, 0.2) is 48.5 Å². The van der Waals surface area contributed by atoms with E-state index in [1.807, 2.05) is 43.3 Å². The fourth-order valence-electron chi connectivity index (χ4n) is 2.66. The SMILES string of the molecule is Cc1ccccc1C(=O)c1cccc(C2CCC2)c1. The fraction of sp³-hybridized carbons (Fsp3) is 0.278. The lowest BCUT2D eigenvalue weighted by molar-refractivity contribution is 0.103. The number of ketones is 1. The lowest BCUT2D eigenvalue weighted by Crippen LogP contribution is -2.10. The van der Waals surface area contributed by atoms with Gasteiger partial charge >= 0.3 is 0 Å². The molecule has 0 heterocycles. The van der Waals surface area contributed by atoms with Crippen LogP contribution in [0.4, 0.5) is 0 Å². The zero-order valence-corrected chi connectivity index (χ0v) is 11.2. The zero-order chi connectivity index (χ0) is 13.2. The van der Waals surface area contributed by atoms with E-state index in [-0.39, 0.29) is 5.78 Å². The first-order valence-corrected chi connectivity index (χ1v) is 6.96. The van der Waals surface area contributed by atoms with Crippen LogP contribution in [0.2, 0.25) is 0 Å². The van der Waals surface area contributed by atoms with Gasteiger partial charge in [-0.15, -0.1) is 0 Å². The molecule has 0 atom stereocenters. The summed E-state index contributed by atoms with van der Waals surface area (Å²) in [5.74, 6) is 0.809. The van der Waals surface area contributed by atoms with Crippen molar-refractivity contribution >= 4 is 5.78 Å². The standard InChI is InChI=1S/C18H18O/c1-13-6-2-3-11-17(13)18(19)16-10-5-9-15(12-16)14-7-4-8-14/h2-3,5-6,9-12,14H,4,7-8H2,1H3. The highest BCUT2D eigenvalue weighted by atomic mass is 16.1. The van der Waals surface area contributed by atoms with Crippen molar-refractivity contribution in [3.63, 3.8) is 0 Å². The first-order chi connectivity index (χ1) is 9.25. The van der Waals surface area contributed by atoms with E-state index in [0.717, 1.165) is 16.7 Å². The summed E-state index contributed by atoms with van der Waals surface area (Å²) in [5.41, 5.74) is 4.00. The summed E-state index contributed by atoms with van der Waals surface area (Å²) >= 11 is 0. The number of hydrogen-bond acceptors (Lipinski definition) is 1. The first kappa shape index (κ1) is 12.2. The van der Waals surface area contributed by atoms with Crippen molar-refractivity contribution in [2.24, 2.45) is 0 Å².